The van der Waals surface area contributed by atoms with Crippen LogP contribution in [0.1, 0.15) is 16.7 Å². The molecule has 0 aliphatic carbocycles. The van der Waals surface area contributed by atoms with E-state index >= 15 is 0 Å². The van der Waals surface area contributed by atoms with E-state index in [0.717, 1.165) is 21.4 Å². The summed E-state index contributed by atoms with van der Waals surface area (Å²) in [6.45, 7) is 0.391. The van der Waals surface area contributed by atoms with E-state index in [0.29, 0.717) is 53.8 Å². The van der Waals surface area contributed by atoms with Crippen LogP contribution in [0.4, 0.5) is 0 Å². The zero-order valence-electron chi connectivity index (χ0n) is 16.8. The molecule has 0 radical (unpaired) electrons. The van der Waals surface area contributed by atoms with Crippen LogP contribution in [0.25, 0.3) is 0 Å². The Balaban J connectivity index is 2.06. The Bertz CT molecular complexity index is 881. The fourth-order valence-corrected chi connectivity index (χ4v) is 3.50. The number of hydroxylamine groups is 1. The Morgan fingerprint density at radius 2 is 1.36 bits per heavy atom. The molecule has 0 bridgehead atoms. The lowest BCUT2D eigenvalue weighted by atomic mass is 9.92. The molecular formula is C21H25NO6. The highest BCUT2D eigenvalue weighted by molar-refractivity contribution is 6.01. The van der Waals surface area contributed by atoms with Crippen LogP contribution in [-0.4, -0.2) is 52.5 Å². The van der Waals surface area contributed by atoms with Gasteiger partial charge in [-0.3, -0.25) is 0 Å². The van der Waals surface area contributed by atoms with Gasteiger partial charge in [-0.15, -0.1) is 0 Å². The number of methoxy groups -OCH3 is 5. The van der Waals surface area contributed by atoms with E-state index in [1.165, 1.54) is 0 Å². The van der Waals surface area contributed by atoms with E-state index < -0.39 is 0 Å². The fraction of sp³-hybridized carbons (Fsp3) is 0.381. The minimum absolute atomic E-state index is 0.391. The van der Waals surface area contributed by atoms with E-state index in [4.69, 9.17) is 23.7 Å². The van der Waals surface area contributed by atoms with Gasteiger partial charge in [0.05, 0.1) is 47.5 Å². The normalized spacial score (nSPS) is 13.0. The van der Waals surface area contributed by atoms with Crippen LogP contribution in [0.2, 0.25) is 0 Å². The standard InChI is InChI=1S/C21H25NO6/c1-24-17-11-14-6-7-22(23)16(15(14)12-18(17)25-2)8-13-9-19(26-3)21(28-5)20(10-13)27-4/h9-12H,6-8H2,1-5H3. The van der Waals surface area contributed by atoms with Crippen LogP contribution in [0.5, 0.6) is 28.7 Å². The van der Waals surface area contributed by atoms with Gasteiger partial charge in [0.2, 0.25) is 5.75 Å². The van der Waals surface area contributed by atoms with Gasteiger partial charge in [-0.1, -0.05) is 0 Å². The second-order valence-corrected chi connectivity index (χ2v) is 6.37. The maximum atomic E-state index is 12.7. The molecule has 150 valence electrons. The molecule has 1 aliphatic heterocycles. The molecule has 0 fully saturated rings. The SMILES string of the molecule is COc1cc2c(cc1OC)C(Cc1cc(OC)c(OC)c(OC)c1)=[N+]([O-])CC2. The lowest BCUT2D eigenvalue weighted by Crippen LogP contribution is -2.28. The summed E-state index contributed by atoms with van der Waals surface area (Å²) >= 11 is 0. The number of ether oxygens (including phenoxy) is 5. The second-order valence-electron chi connectivity index (χ2n) is 6.37. The highest BCUT2D eigenvalue weighted by Crippen LogP contribution is 2.39. The third-order valence-electron chi connectivity index (χ3n) is 4.90. The summed E-state index contributed by atoms with van der Waals surface area (Å²) in [6.07, 6.45) is 1.07. The highest BCUT2D eigenvalue weighted by atomic mass is 16.5. The van der Waals surface area contributed by atoms with Crippen molar-refractivity contribution in [2.75, 3.05) is 42.1 Å². The zero-order chi connectivity index (χ0) is 20.3. The summed E-state index contributed by atoms with van der Waals surface area (Å²) < 4.78 is 28.1. The molecule has 1 aliphatic rings. The summed E-state index contributed by atoms with van der Waals surface area (Å²) in [6, 6.07) is 7.52. The molecule has 0 saturated carbocycles. The Kier molecular flexibility index (Phi) is 5.82. The van der Waals surface area contributed by atoms with Crippen LogP contribution >= 0.6 is 0 Å². The molecule has 2 aromatic rings. The Morgan fingerprint density at radius 3 is 1.89 bits per heavy atom. The van der Waals surface area contributed by atoms with E-state index in [2.05, 4.69) is 0 Å². The van der Waals surface area contributed by atoms with Gasteiger partial charge in [0.1, 0.15) is 0 Å². The van der Waals surface area contributed by atoms with Crippen molar-refractivity contribution in [3.8, 4) is 28.7 Å². The summed E-state index contributed by atoms with van der Waals surface area (Å²) in [7, 11) is 7.89. The molecule has 7 nitrogen and oxygen atoms in total. The quantitative estimate of drug-likeness (QED) is 0.537. The summed E-state index contributed by atoms with van der Waals surface area (Å²) in [4.78, 5) is 0. The fourth-order valence-electron chi connectivity index (χ4n) is 3.50. The molecular weight excluding hydrogens is 362 g/mol. The zero-order valence-corrected chi connectivity index (χ0v) is 16.8. The third-order valence-corrected chi connectivity index (χ3v) is 4.90. The van der Waals surface area contributed by atoms with E-state index in [9.17, 15) is 5.21 Å². The first kappa shape index (κ1) is 19.7. The maximum absolute atomic E-state index is 12.7. The minimum Gasteiger partial charge on any atom is -0.624 e. The van der Waals surface area contributed by atoms with Crippen molar-refractivity contribution < 1.29 is 28.4 Å². The molecule has 7 heteroatoms. The monoisotopic (exact) mass is 387 g/mol. The molecule has 1 heterocycles. The van der Waals surface area contributed by atoms with Crippen LogP contribution in [-0.2, 0) is 12.8 Å². The van der Waals surface area contributed by atoms with Crippen LogP contribution in [0, 0.1) is 5.21 Å². The number of hydrogen-bond donors (Lipinski definition) is 0. The average Bonchev–Trinajstić information content (AvgIpc) is 2.73. The van der Waals surface area contributed by atoms with E-state index in [1.807, 2.05) is 24.3 Å². The van der Waals surface area contributed by atoms with Crippen LogP contribution < -0.4 is 23.7 Å². The molecule has 3 rings (SSSR count). The molecule has 0 saturated heterocycles. The first-order valence-electron chi connectivity index (χ1n) is 8.90. The number of hydrogen-bond acceptors (Lipinski definition) is 6. The maximum Gasteiger partial charge on any atom is 0.203 e. The average molecular weight is 387 g/mol. The smallest absolute Gasteiger partial charge is 0.203 e. The molecule has 2 aromatic carbocycles. The largest absolute Gasteiger partial charge is 0.624 e. The molecule has 28 heavy (non-hydrogen) atoms. The molecule has 0 unspecified atom stereocenters. The Labute approximate surface area is 164 Å². The van der Waals surface area contributed by atoms with Crippen molar-refractivity contribution in [1.29, 1.82) is 0 Å². The van der Waals surface area contributed by atoms with Gasteiger partial charge >= 0.3 is 0 Å². The predicted molar refractivity (Wildman–Crippen MR) is 106 cm³/mol. The topological polar surface area (TPSA) is 72.2 Å². The van der Waals surface area contributed by atoms with Gasteiger partial charge in [-0.25, -0.2) is 4.74 Å². The van der Waals surface area contributed by atoms with Gasteiger partial charge in [0.15, 0.2) is 35.3 Å². The van der Waals surface area contributed by atoms with Crippen LogP contribution in [0.3, 0.4) is 0 Å². The minimum atomic E-state index is 0.391. The van der Waals surface area contributed by atoms with Gasteiger partial charge in [0, 0.05) is 6.42 Å². The highest BCUT2D eigenvalue weighted by Gasteiger charge is 2.26. The summed E-state index contributed by atoms with van der Waals surface area (Å²) in [5, 5.41) is 12.7. The Morgan fingerprint density at radius 1 is 0.786 bits per heavy atom. The van der Waals surface area contributed by atoms with Crippen molar-refractivity contribution in [3.63, 3.8) is 0 Å². The molecule has 0 spiro atoms. The van der Waals surface area contributed by atoms with Gasteiger partial charge < -0.3 is 28.9 Å². The van der Waals surface area contributed by atoms with E-state index in [1.54, 1.807) is 35.5 Å². The number of benzene rings is 2. The lowest BCUT2D eigenvalue weighted by Gasteiger charge is -2.22. The Hall–Kier alpha value is -3.09. The molecule has 0 N–H and O–H groups in total. The van der Waals surface area contributed by atoms with Crippen LogP contribution in [0.15, 0.2) is 24.3 Å². The lowest BCUT2D eigenvalue weighted by molar-refractivity contribution is -0.459. The van der Waals surface area contributed by atoms with Crippen molar-refractivity contribution in [2.45, 2.75) is 12.8 Å². The first-order valence-corrected chi connectivity index (χ1v) is 8.90. The first-order chi connectivity index (χ1) is 13.6. The van der Waals surface area contributed by atoms with Gasteiger partial charge in [-0.05, 0) is 35.4 Å². The van der Waals surface area contributed by atoms with Crippen molar-refractivity contribution in [2.24, 2.45) is 0 Å². The van der Waals surface area contributed by atoms with Crippen molar-refractivity contribution in [3.05, 3.63) is 46.2 Å². The number of fused-ring (bicyclic) bond motifs is 1. The second kappa shape index (κ2) is 8.29. The van der Waals surface area contributed by atoms with Crippen molar-refractivity contribution >= 4 is 5.71 Å². The van der Waals surface area contributed by atoms with E-state index in [-0.39, 0.29) is 0 Å². The third kappa shape index (κ3) is 3.52. The molecule has 0 aromatic heterocycles. The summed E-state index contributed by atoms with van der Waals surface area (Å²) in [5.41, 5.74) is 3.48. The van der Waals surface area contributed by atoms with Gasteiger partial charge in [-0.2, -0.15) is 0 Å². The number of rotatable bonds is 7. The summed E-state index contributed by atoms with van der Waals surface area (Å²) in [5.74, 6) is 2.89. The van der Waals surface area contributed by atoms with Gasteiger partial charge in [0.25, 0.3) is 0 Å². The predicted octanol–water partition coefficient (Wildman–Crippen LogP) is 2.83. The number of nitrogens with zero attached hydrogens (tertiary/aromatic N) is 1. The molecule has 0 amide bonds. The molecule has 0 atom stereocenters. The van der Waals surface area contributed by atoms with Crippen molar-refractivity contribution in [1.82, 2.24) is 0 Å².